The molecule has 1 saturated carbocycles. The number of pyridine rings is 1. The second kappa shape index (κ2) is 14.3. The molecule has 4 aromatic rings. The quantitative estimate of drug-likeness (QED) is 0.230. The molecule has 1 aromatic heterocycles. The van der Waals surface area contributed by atoms with E-state index in [9.17, 15) is 15.0 Å². The van der Waals surface area contributed by atoms with Gasteiger partial charge in [-0.15, -0.1) is 0 Å². The van der Waals surface area contributed by atoms with Crippen molar-refractivity contribution in [3.63, 3.8) is 0 Å². The minimum Gasteiger partial charge on any atom is -0.550 e. The van der Waals surface area contributed by atoms with Crippen molar-refractivity contribution in [3.8, 4) is 0 Å². The van der Waals surface area contributed by atoms with Crippen molar-refractivity contribution in [2.24, 2.45) is 5.41 Å². The molecule has 4 nitrogen and oxygen atoms in total. The number of nitrogens with zero attached hydrogens (tertiary/aromatic N) is 1. The van der Waals surface area contributed by atoms with Crippen molar-refractivity contribution in [1.82, 2.24) is 4.98 Å². The van der Waals surface area contributed by atoms with Crippen LogP contribution in [-0.2, 0) is 29.7 Å². The van der Waals surface area contributed by atoms with Crippen LogP contribution >= 0.6 is 23.4 Å². The molecule has 0 aliphatic heterocycles. The van der Waals surface area contributed by atoms with E-state index in [1.165, 1.54) is 11.1 Å². The Morgan fingerprint density at radius 1 is 1.02 bits per heavy atom. The fraction of sp³-hybridized carbons (Fsp3) is 0.371. The molecule has 0 saturated heterocycles. The Morgan fingerprint density at radius 3 is 2.52 bits per heavy atom. The molecule has 214 valence electrons. The second-order valence-corrected chi connectivity index (χ2v) is 13.6. The fourth-order valence-electron chi connectivity index (χ4n) is 5.59. The molecule has 1 N–H and O–H groups in total. The van der Waals surface area contributed by atoms with E-state index in [1.807, 2.05) is 62.0 Å². The number of fused-ring (bicyclic) bond motifs is 1. The molecule has 1 atom stereocenters. The average molecular weight is 610 g/mol. The molecule has 1 fully saturated rings. The van der Waals surface area contributed by atoms with Gasteiger partial charge in [0.25, 0.3) is 0 Å². The van der Waals surface area contributed by atoms with Gasteiger partial charge in [0.15, 0.2) is 0 Å². The number of aryl methyl sites for hydroxylation is 3. The predicted octanol–water partition coefficient (Wildman–Crippen LogP) is 4.23. The summed E-state index contributed by atoms with van der Waals surface area (Å²) in [7, 11) is 0. The van der Waals surface area contributed by atoms with E-state index < -0.39 is 11.6 Å². The molecule has 1 aliphatic carbocycles. The number of carbonyl (C=O) groups is 1. The monoisotopic (exact) mass is 609 g/mol. The Hall–Kier alpha value is -1.86. The first kappa shape index (κ1) is 33.0. The summed E-state index contributed by atoms with van der Waals surface area (Å²) in [6.45, 7) is 3.66. The number of aromatic nitrogens is 1. The van der Waals surface area contributed by atoms with Crippen LogP contribution < -0.4 is 34.7 Å². The fourth-order valence-corrected chi connectivity index (χ4v) is 7.33. The Kier molecular flexibility index (Phi) is 11.2. The second-order valence-electron chi connectivity index (χ2n) is 12.0. The van der Waals surface area contributed by atoms with Crippen LogP contribution in [-0.4, -0.2) is 21.8 Å². The number of thioether (sulfide) groups is 1. The first-order valence-electron chi connectivity index (χ1n) is 14.4. The number of benzene rings is 3. The topological polar surface area (TPSA) is 73.2 Å². The number of hydrogen-bond acceptors (Lipinski definition) is 5. The Bertz CT molecular complexity index is 1530. The summed E-state index contributed by atoms with van der Waals surface area (Å²) in [6.07, 6.45) is 5.48. The van der Waals surface area contributed by atoms with Crippen molar-refractivity contribution < 1.29 is 44.6 Å². The van der Waals surface area contributed by atoms with Crippen molar-refractivity contribution in [2.45, 2.75) is 69.6 Å². The summed E-state index contributed by atoms with van der Waals surface area (Å²) in [6, 6.07) is 26.9. The number of carboxylic acids is 1. The Balaban J connectivity index is 0.00000405. The van der Waals surface area contributed by atoms with E-state index in [4.69, 9.17) is 16.6 Å². The molecule has 0 amide bonds. The largest absolute Gasteiger partial charge is 1.00 e. The van der Waals surface area contributed by atoms with Gasteiger partial charge in [-0.1, -0.05) is 72.3 Å². The van der Waals surface area contributed by atoms with Crippen molar-refractivity contribution in [2.75, 3.05) is 5.75 Å². The first-order chi connectivity index (χ1) is 19.6. The van der Waals surface area contributed by atoms with Gasteiger partial charge in [-0.3, -0.25) is 4.98 Å². The first-order valence-corrected chi connectivity index (χ1v) is 15.8. The molecular weight excluding hydrogens is 573 g/mol. The molecule has 0 bridgehead atoms. The number of carbonyl (C=O) groups excluding carboxylic acids is 1. The van der Waals surface area contributed by atoms with Crippen LogP contribution in [0.25, 0.3) is 10.9 Å². The number of aliphatic carboxylic acids is 1. The zero-order valence-electron chi connectivity index (χ0n) is 24.7. The molecule has 1 unspecified atom stereocenters. The van der Waals surface area contributed by atoms with Gasteiger partial charge in [-0.2, -0.15) is 11.8 Å². The van der Waals surface area contributed by atoms with Gasteiger partial charge in [-0.05, 0) is 110 Å². The van der Waals surface area contributed by atoms with Gasteiger partial charge in [0.1, 0.15) is 0 Å². The van der Waals surface area contributed by atoms with Crippen LogP contribution in [0, 0.1) is 5.41 Å². The normalized spacial score (nSPS) is 14.8. The van der Waals surface area contributed by atoms with Crippen molar-refractivity contribution in [3.05, 3.63) is 112 Å². The third kappa shape index (κ3) is 8.84. The van der Waals surface area contributed by atoms with E-state index in [0.29, 0.717) is 5.02 Å². The predicted molar refractivity (Wildman–Crippen MR) is 167 cm³/mol. The van der Waals surface area contributed by atoms with Gasteiger partial charge in [-0.25, -0.2) is 0 Å². The van der Waals surface area contributed by atoms with Crippen LogP contribution in [0.2, 0.25) is 5.02 Å². The summed E-state index contributed by atoms with van der Waals surface area (Å²) in [5.74, 6) is -0.141. The zero-order valence-corrected chi connectivity index (χ0v) is 28.3. The van der Waals surface area contributed by atoms with Crippen LogP contribution in [0.15, 0.2) is 78.9 Å². The van der Waals surface area contributed by atoms with Gasteiger partial charge in [0.2, 0.25) is 0 Å². The molecular formula is C35H37ClNNaO3S. The minimum atomic E-state index is -0.953. The maximum Gasteiger partial charge on any atom is 1.00 e. The number of aliphatic hydroxyl groups is 1. The summed E-state index contributed by atoms with van der Waals surface area (Å²) in [4.78, 5) is 16.2. The average Bonchev–Trinajstić information content (AvgIpc) is 3.70. The molecule has 1 aliphatic rings. The van der Waals surface area contributed by atoms with Gasteiger partial charge < -0.3 is 15.0 Å². The number of hydrogen-bond donors (Lipinski definition) is 1. The van der Waals surface area contributed by atoms with Crippen molar-refractivity contribution >= 4 is 40.2 Å². The van der Waals surface area contributed by atoms with E-state index in [0.717, 1.165) is 72.0 Å². The van der Waals surface area contributed by atoms with Crippen LogP contribution in [0.5, 0.6) is 0 Å². The van der Waals surface area contributed by atoms with E-state index in [-0.39, 0.29) is 46.6 Å². The molecule has 7 heteroatoms. The minimum absolute atomic E-state index is 0. The van der Waals surface area contributed by atoms with E-state index >= 15 is 0 Å². The van der Waals surface area contributed by atoms with E-state index in [2.05, 4.69) is 42.5 Å². The summed E-state index contributed by atoms with van der Waals surface area (Å²) in [5, 5.41) is 24.1. The van der Waals surface area contributed by atoms with Crippen LogP contribution in [0.1, 0.15) is 72.7 Å². The Labute approximate surface area is 280 Å². The van der Waals surface area contributed by atoms with Gasteiger partial charge in [0, 0.05) is 27.3 Å². The molecule has 0 radical (unpaired) electrons. The van der Waals surface area contributed by atoms with Crippen molar-refractivity contribution in [1.29, 1.82) is 0 Å². The number of halogens is 1. The molecule has 0 spiro atoms. The Morgan fingerprint density at radius 2 is 1.79 bits per heavy atom. The number of rotatable bonds is 13. The molecule has 3 aromatic carbocycles. The summed E-state index contributed by atoms with van der Waals surface area (Å²) < 4.78 is 0. The summed E-state index contributed by atoms with van der Waals surface area (Å²) in [5.41, 5.74) is 5.54. The van der Waals surface area contributed by atoms with Crippen LogP contribution in [0.4, 0.5) is 0 Å². The van der Waals surface area contributed by atoms with Crippen LogP contribution in [0.3, 0.4) is 0 Å². The third-order valence-electron chi connectivity index (χ3n) is 8.12. The molecule has 5 rings (SSSR count). The third-order valence-corrected chi connectivity index (χ3v) is 10.0. The van der Waals surface area contributed by atoms with Gasteiger partial charge in [0.05, 0.1) is 11.1 Å². The van der Waals surface area contributed by atoms with E-state index in [1.54, 1.807) is 0 Å². The number of carboxylic acid groups (broad SMARTS) is 1. The SMILES string of the molecule is CC(C)(O)c1ccccc1CCC(SCC1(CC(=O)[O-])CC1)c1cccc(CCc2ccc3ccc(Cl)cc3n2)c1.[Na+]. The van der Waals surface area contributed by atoms with Gasteiger partial charge >= 0.3 is 29.6 Å². The zero-order chi connectivity index (χ0) is 29.0. The smallest absolute Gasteiger partial charge is 0.550 e. The summed E-state index contributed by atoms with van der Waals surface area (Å²) >= 11 is 8.05. The molecule has 1 heterocycles. The maximum atomic E-state index is 11.4. The maximum absolute atomic E-state index is 11.4. The standard InChI is InChI=1S/C35H38ClNO3S.Na/c1-34(2,40)30-9-4-3-7-25(30)13-17-32(41-23-35(18-19-35)22-33(38)39)27-8-5-6-24(20-27)10-15-29-16-12-26-11-14-28(36)21-31(26)37-29;/h3-9,11-12,14,16,20-21,32,40H,10,13,15,17-19,22-23H2,1-2H3,(H,38,39);/q;+1/p-1. The molecule has 42 heavy (non-hydrogen) atoms.